The number of rotatable bonds is 6. The number of hydrogen-bond acceptors (Lipinski definition) is 5. The van der Waals surface area contributed by atoms with Crippen molar-refractivity contribution in [1.29, 1.82) is 0 Å². The molecular weight excluding hydrogens is 469 g/mol. The van der Waals surface area contributed by atoms with E-state index in [-0.39, 0.29) is 31.2 Å². The van der Waals surface area contributed by atoms with E-state index in [2.05, 4.69) is 4.98 Å². The summed E-state index contributed by atoms with van der Waals surface area (Å²) in [6.45, 7) is 3.04. The van der Waals surface area contributed by atoms with Crippen LogP contribution in [0.15, 0.2) is 36.4 Å². The number of carbonyl (C=O) groups excluding carboxylic acids is 4. The Balaban J connectivity index is 1.70. The minimum absolute atomic E-state index is 0.0535. The zero-order chi connectivity index (χ0) is 23.9. The number of fused-ring (bicyclic) bond motifs is 1. The molecule has 1 N–H and O–H groups in total. The summed E-state index contributed by atoms with van der Waals surface area (Å²) >= 11 is 12.5. The lowest BCUT2D eigenvalue weighted by Gasteiger charge is -2.18. The maximum Gasteiger partial charge on any atom is 0.355 e. The molecule has 3 amide bonds. The molecule has 0 unspecified atom stereocenters. The van der Waals surface area contributed by atoms with Crippen LogP contribution in [-0.4, -0.2) is 46.7 Å². The number of benzene rings is 2. The third-order valence-electron chi connectivity index (χ3n) is 5.32. The van der Waals surface area contributed by atoms with Crippen molar-refractivity contribution < 1.29 is 23.9 Å². The first-order valence-electron chi connectivity index (χ1n) is 10.1. The molecule has 2 heterocycles. The maximum atomic E-state index is 13.1. The maximum absolute atomic E-state index is 13.1. The molecule has 1 saturated heterocycles. The molecule has 170 valence electrons. The first-order valence-corrected chi connectivity index (χ1v) is 10.9. The molecule has 8 nitrogen and oxygen atoms in total. The van der Waals surface area contributed by atoms with Crippen LogP contribution in [0.4, 0.5) is 10.5 Å². The fraction of sp³-hybridized carbons (Fsp3) is 0.217. The molecule has 4 rings (SSSR count). The fourth-order valence-electron chi connectivity index (χ4n) is 3.81. The number of amides is 3. The van der Waals surface area contributed by atoms with Gasteiger partial charge in [-0.1, -0.05) is 23.2 Å². The van der Waals surface area contributed by atoms with Gasteiger partial charge in [-0.3, -0.25) is 9.59 Å². The smallest absolute Gasteiger partial charge is 0.355 e. The van der Waals surface area contributed by atoms with Gasteiger partial charge in [0, 0.05) is 27.1 Å². The van der Waals surface area contributed by atoms with Crippen molar-refractivity contribution >= 4 is 63.5 Å². The Morgan fingerprint density at radius 3 is 2.45 bits per heavy atom. The molecule has 0 saturated carbocycles. The highest BCUT2D eigenvalue weighted by atomic mass is 35.5. The van der Waals surface area contributed by atoms with E-state index in [9.17, 15) is 19.2 Å². The van der Waals surface area contributed by atoms with E-state index in [0.717, 1.165) is 4.90 Å². The van der Waals surface area contributed by atoms with Crippen molar-refractivity contribution in [3.05, 3.63) is 63.3 Å². The second kappa shape index (κ2) is 8.88. The van der Waals surface area contributed by atoms with E-state index in [1.807, 2.05) is 0 Å². The molecule has 10 heteroatoms. The third kappa shape index (κ3) is 4.19. The van der Waals surface area contributed by atoms with E-state index in [1.54, 1.807) is 37.3 Å². The zero-order valence-corrected chi connectivity index (χ0v) is 19.3. The average molecular weight is 488 g/mol. The number of hydrogen-bond donors (Lipinski definition) is 1. The number of carbonyl (C=O) groups is 4. The molecule has 33 heavy (non-hydrogen) atoms. The number of aromatic nitrogens is 1. The number of esters is 1. The highest BCUT2D eigenvalue weighted by Gasteiger charge is 2.38. The Labute approximate surface area is 199 Å². The number of imide groups is 1. The molecule has 1 aromatic heterocycles. The molecule has 0 atom stereocenters. The van der Waals surface area contributed by atoms with Crippen molar-refractivity contribution in [2.45, 2.75) is 20.4 Å². The van der Waals surface area contributed by atoms with Crippen LogP contribution in [0.5, 0.6) is 0 Å². The first-order chi connectivity index (χ1) is 15.7. The number of Topliss-reactive ketones (excluding diaryl/α,β-unsaturated/α-hetero) is 1. The molecule has 1 aliphatic heterocycles. The molecule has 2 aromatic carbocycles. The van der Waals surface area contributed by atoms with Gasteiger partial charge in [-0.05, 0) is 50.2 Å². The van der Waals surface area contributed by atoms with Crippen molar-refractivity contribution in [2.75, 3.05) is 18.1 Å². The van der Waals surface area contributed by atoms with Gasteiger partial charge in [0.2, 0.25) is 0 Å². The van der Waals surface area contributed by atoms with Crippen LogP contribution in [0.1, 0.15) is 40.3 Å². The number of nitrogens with zero attached hydrogens (tertiary/aromatic N) is 2. The molecular formula is C23H19Cl2N3O5. The van der Waals surface area contributed by atoms with Crippen LogP contribution in [0, 0.1) is 0 Å². The first kappa shape index (κ1) is 22.8. The van der Waals surface area contributed by atoms with Crippen LogP contribution < -0.4 is 4.90 Å². The van der Waals surface area contributed by atoms with Crippen molar-refractivity contribution in [1.82, 2.24) is 9.88 Å². The van der Waals surface area contributed by atoms with Gasteiger partial charge in [0.15, 0.2) is 5.78 Å². The summed E-state index contributed by atoms with van der Waals surface area (Å²) in [5.74, 6) is -1.15. The Kier molecular flexibility index (Phi) is 6.14. The average Bonchev–Trinajstić information content (AvgIpc) is 3.25. The van der Waals surface area contributed by atoms with Gasteiger partial charge in [-0.25, -0.2) is 14.5 Å². The molecule has 0 radical (unpaired) electrons. The quantitative estimate of drug-likeness (QED) is 0.305. The number of halogens is 2. The van der Waals surface area contributed by atoms with E-state index in [4.69, 9.17) is 27.9 Å². The standard InChI is InChI=1S/C23H19Cl2N3O5/c1-3-33-22(31)21-16(20-17(25)8-14(24)9-18(20)26-21)10-27-11-19(30)28(23(27)32)15-6-4-13(5-7-15)12(2)29/h4-9,26H,3,10-11H2,1-2H3. The van der Waals surface area contributed by atoms with Gasteiger partial charge in [0.1, 0.15) is 12.2 Å². The van der Waals surface area contributed by atoms with E-state index >= 15 is 0 Å². The Bertz CT molecular complexity index is 1300. The minimum Gasteiger partial charge on any atom is -0.461 e. The van der Waals surface area contributed by atoms with Gasteiger partial charge < -0.3 is 14.6 Å². The predicted molar refractivity (Wildman–Crippen MR) is 124 cm³/mol. The van der Waals surface area contributed by atoms with E-state index < -0.39 is 17.9 Å². The second-order valence-corrected chi connectivity index (χ2v) is 8.32. The lowest BCUT2D eigenvalue weighted by atomic mass is 10.1. The van der Waals surface area contributed by atoms with Crippen LogP contribution in [0.2, 0.25) is 10.0 Å². The summed E-state index contributed by atoms with van der Waals surface area (Å²) in [5.41, 5.74) is 1.91. The lowest BCUT2D eigenvalue weighted by Crippen LogP contribution is -2.33. The number of anilines is 1. The number of urea groups is 1. The Morgan fingerprint density at radius 2 is 1.82 bits per heavy atom. The minimum atomic E-state index is -0.606. The molecule has 1 fully saturated rings. The highest BCUT2D eigenvalue weighted by molar-refractivity contribution is 6.39. The SMILES string of the molecule is CCOC(=O)c1[nH]c2cc(Cl)cc(Cl)c2c1CN1CC(=O)N(c2ccc(C(C)=O)cc2)C1=O. The zero-order valence-electron chi connectivity index (χ0n) is 17.8. The number of aromatic amines is 1. The summed E-state index contributed by atoms with van der Waals surface area (Å²) in [6, 6.07) is 8.82. The van der Waals surface area contributed by atoms with Gasteiger partial charge in [0.25, 0.3) is 5.91 Å². The van der Waals surface area contributed by atoms with Gasteiger partial charge in [-0.2, -0.15) is 0 Å². The van der Waals surface area contributed by atoms with Crippen molar-refractivity contribution in [2.24, 2.45) is 0 Å². The van der Waals surface area contributed by atoms with E-state index in [1.165, 1.54) is 17.9 Å². The number of H-pyrrole nitrogens is 1. The molecule has 0 spiro atoms. The van der Waals surface area contributed by atoms with Gasteiger partial charge >= 0.3 is 12.0 Å². The van der Waals surface area contributed by atoms with Crippen LogP contribution >= 0.6 is 23.2 Å². The molecule has 1 aliphatic rings. The van der Waals surface area contributed by atoms with E-state index in [0.29, 0.717) is 37.8 Å². The largest absolute Gasteiger partial charge is 0.461 e. The van der Waals surface area contributed by atoms with Crippen molar-refractivity contribution in [3.63, 3.8) is 0 Å². The molecule has 0 aliphatic carbocycles. The monoisotopic (exact) mass is 487 g/mol. The Morgan fingerprint density at radius 1 is 1.12 bits per heavy atom. The van der Waals surface area contributed by atoms with Crippen LogP contribution in [-0.2, 0) is 16.1 Å². The Hall–Kier alpha value is -3.36. The van der Waals surface area contributed by atoms with Gasteiger partial charge in [0.05, 0.1) is 23.9 Å². The predicted octanol–water partition coefficient (Wildman–Crippen LogP) is 4.82. The summed E-state index contributed by atoms with van der Waals surface area (Å²) in [5, 5.41) is 1.20. The number of ether oxygens (including phenoxy) is 1. The summed E-state index contributed by atoms with van der Waals surface area (Å²) < 4.78 is 5.15. The normalized spacial score (nSPS) is 13.8. The summed E-state index contributed by atoms with van der Waals surface area (Å²) in [7, 11) is 0. The van der Waals surface area contributed by atoms with Crippen molar-refractivity contribution in [3.8, 4) is 0 Å². The topological polar surface area (TPSA) is 99.8 Å². The lowest BCUT2D eigenvalue weighted by molar-refractivity contribution is -0.116. The highest BCUT2D eigenvalue weighted by Crippen LogP contribution is 2.34. The fourth-order valence-corrected chi connectivity index (χ4v) is 4.42. The summed E-state index contributed by atoms with van der Waals surface area (Å²) in [6.07, 6.45) is 0. The van der Waals surface area contributed by atoms with Crippen LogP contribution in [0.25, 0.3) is 10.9 Å². The molecule has 0 bridgehead atoms. The number of ketones is 1. The summed E-state index contributed by atoms with van der Waals surface area (Å²) in [4.78, 5) is 55.3. The third-order valence-corrected chi connectivity index (χ3v) is 5.83. The second-order valence-electron chi connectivity index (χ2n) is 7.48. The van der Waals surface area contributed by atoms with Crippen LogP contribution in [0.3, 0.4) is 0 Å². The molecule has 3 aromatic rings. The number of nitrogens with one attached hydrogen (secondary N) is 1. The van der Waals surface area contributed by atoms with Gasteiger partial charge in [-0.15, -0.1) is 0 Å².